The maximum absolute atomic E-state index is 13.6. The number of nitrogens with zero attached hydrogens (tertiary/aromatic N) is 2. The molecule has 0 spiro atoms. The molecule has 1 aromatic heterocycles. The lowest BCUT2D eigenvalue weighted by atomic mass is 10.1. The van der Waals surface area contributed by atoms with Gasteiger partial charge in [0.15, 0.2) is 5.82 Å². The second-order valence-electron chi connectivity index (χ2n) is 5.64. The Morgan fingerprint density at radius 1 is 1.20 bits per heavy atom. The van der Waals surface area contributed by atoms with Crippen LogP contribution >= 0.6 is 0 Å². The molecule has 1 amide bonds. The van der Waals surface area contributed by atoms with E-state index in [1.54, 1.807) is 23.0 Å². The molecular formula is C18H16F2N4O. The van der Waals surface area contributed by atoms with E-state index in [0.29, 0.717) is 12.2 Å². The van der Waals surface area contributed by atoms with Gasteiger partial charge in [-0.3, -0.25) is 9.48 Å². The average Bonchev–Trinajstić information content (AvgIpc) is 2.97. The Kier molecular flexibility index (Phi) is 4.47. The summed E-state index contributed by atoms with van der Waals surface area (Å²) in [7, 11) is 0. The monoisotopic (exact) mass is 342 g/mol. The van der Waals surface area contributed by atoms with E-state index in [9.17, 15) is 13.6 Å². The molecule has 7 heteroatoms. The lowest BCUT2D eigenvalue weighted by molar-refractivity contribution is 0.101. The number of aromatic nitrogens is 2. The Labute approximate surface area is 143 Å². The predicted molar refractivity (Wildman–Crippen MR) is 91.2 cm³/mol. The Morgan fingerprint density at radius 2 is 1.92 bits per heavy atom. The fourth-order valence-electron chi connectivity index (χ4n) is 2.48. The van der Waals surface area contributed by atoms with E-state index in [0.717, 1.165) is 23.3 Å². The molecule has 3 aromatic rings. The molecule has 128 valence electrons. The first kappa shape index (κ1) is 16.6. The van der Waals surface area contributed by atoms with Crippen LogP contribution in [0.25, 0.3) is 0 Å². The van der Waals surface area contributed by atoms with Crippen molar-refractivity contribution in [1.29, 1.82) is 0 Å². The molecule has 3 N–H and O–H groups in total. The van der Waals surface area contributed by atoms with Crippen molar-refractivity contribution in [3.05, 3.63) is 77.0 Å². The number of anilines is 2. The van der Waals surface area contributed by atoms with Crippen molar-refractivity contribution in [2.45, 2.75) is 13.5 Å². The second kappa shape index (κ2) is 6.72. The van der Waals surface area contributed by atoms with Crippen LogP contribution in [0.4, 0.5) is 20.3 Å². The summed E-state index contributed by atoms with van der Waals surface area (Å²) >= 11 is 0. The summed E-state index contributed by atoms with van der Waals surface area (Å²) in [6.45, 7) is 2.43. The number of carbonyl (C=O) groups excluding carboxylic acids is 1. The van der Waals surface area contributed by atoms with Crippen molar-refractivity contribution in [2.75, 3.05) is 11.1 Å². The second-order valence-corrected chi connectivity index (χ2v) is 5.64. The van der Waals surface area contributed by atoms with Gasteiger partial charge in [-0.25, -0.2) is 8.78 Å². The maximum atomic E-state index is 13.6. The van der Waals surface area contributed by atoms with Gasteiger partial charge in [-0.1, -0.05) is 12.1 Å². The normalized spacial score (nSPS) is 10.7. The molecular weight excluding hydrogens is 326 g/mol. The fraction of sp³-hybridized carbons (Fsp3) is 0.111. The molecule has 3 rings (SSSR count). The molecule has 0 aliphatic carbocycles. The summed E-state index contributed by atoms with van der Waals surface area (Å²) in [6.07, 6.45) is 1.67. The van der Waals surface area contributed by atoms with E-state index in [4.69, 9.17) is 5.73 Å². The summed E-state index contributed by atoms with van der Waals surface area (Å²) in [6, 6.07) is 10.4. The molecule has 0 radical (unpaired) electrons. The Hall–Kier alpha value is -3.22. The van der Waals surface area contributed by atoms with Gasteiger partial charge >= 0.3 is 0 Å². The molecule has 0 aliphatic heterocycles. The third-order valence-corrected chi connectivity index (χ3v) is 3.77. The van der Waals surface area contributed by atoms with Crippen LogP contribution in [0.15, 0.2) is 48.7 Å². The molecule has 1 heterocycles. The molecule has 0 atom stereocenters. The van der Waals surface area contributed by atoms with Crippen LogP contribution in [-0.2, 0) is 6.54 Å². The molecule has 2 aromatic carbocycles. The SMILES string of the molecule is Cc1cc(N)ccc1Cn1ccc(NC(=O)c2c(F)cccc2F)n1. The number of nitrogen functional groups attached to an aromatic ring is 1. The first-order valence-corrected chi connectivity index (χ1v) is 7.58. The number of benzene rings is 2. The Bertz CT molecular complexity index is 916. The minimum atomic E-state index is -0.922. The molecule has 0 saturated heterocycles. The van der Waals surface area contributed by atoms with Crippen molar-refractivity contribution in [3.8, 4) is 0 Å². The smallest absolute Gasteiger partial charge is 0.262 e. The van der Waals surface area contributed by atoms with Crippen LogP contribution in [0.3, 0.4) is 0 Å². The molecule has 25 heavy (non-hydrogen) atoms. The number of hydrogen-bond donors (Lipinski definition) is 2. The van der Waals surface area contributed by atoms with Crippen molar-refractivity contribution in [1.82, 2.24) is 9.78 Å². The van der Waals surface area contributed by atoms with E-state index >= 15 is 0 Å². The zero-order chi connectivity index (χ0) is 18.0. The lowest BCUT2D eigenvalue weighted by Crippen LogP contribution is -2.16. The van der Waals surface area contributed by atoms with Crippen LogP contribution < -0.4 is 11.1 Å². The van der Waals surface area contributed by atoms with E-state index in [2.05, 4.69) is 10.4 Å². The number of nitrogens with two attached hydrogens (primary N) is 1. The average molecular weight is 342 g/mol. The van der Waals surface area contributed by atoms with Gasteiger partial charge in [0.05, 0.1) is 6.54 Å². The zero-order valence-corrected chi connectivity index (χ0v) is 13.5. The largest absolute Gasteiger partial charge is 0.399 e. The van der Waals surface area contributed by atoms with E-state index in [1.165, 1.54) is 6.07 Å². The summed E-state index contributed by atoms with van der Waals surface area (Å²) in [5.41, 5.74) is 7.82. The number of amides is 1. The third-order valence-electron chi connectivity index (χ3n) is 3.77. The molecule has 5 nitrogen and oxygen atoms in total. The van der Waals surface area contributed by atoms with Crippen molar-refractivity contribution in [2.24, 2.45) is 0 Å². The molecule has 0 saturated carbocycles. The van der Waals surface area contributed by atoms with Gasteiger partial charge in [0.25, 0.3) is 5.91 Å². The van der Waals surface area contributed by atoms with E-state index in [1.807, 2.05) is 19.1 Å². The van der Waals surface area contributed by atoms with Gasteiger partial charge in [-0.15, -0.1) is 0 Å². The fourth-order valence-corrected chi connectivity index (χ4v) is 2.48. The number of aryl methyl sites for hydroxylation is 1. The van der Waals surface area contributed by atoms with Gasteiger partial charge in [-0.2, -0.15) is 5.10 Å². The van der Waals surface area contributed by atoms with Gasteiger partial charge in [-0.05, 0) is 42.3 Å². The predicted octanol–water partition coefficient (Wildman–Crippen LogP) is 3.35. The Balaban J connectivity index is 1.74. The van der Waals surface area contributed by atoms with Crippen molar-refractivity contribution >= 4 is 17.4 Å². The van der Waals surface area contributed by atoms with Gasteiger partial charge in [0.2, 0.25) is 0 Å². The highest BCUT2D eigenvalue weighted by molar-refractivity contribution is 6.04. The standard InChI is InChI=1S/C18H16F2N4O/c1-11-9-13(21)6-5-12(11)10-24-8-7-16(23-24)22-18(25)17-14(19)3-2-4-15(17)20/h2-9H,10,21H2,1H3,(H,22,23,25). The van der Waals surface area contributed by atoms with Gasteiger partial charge < -0.3 is 11.1 Å². The van der Waals surface area contributed by atoms with E-state index in [-0.39, 0.29) is 5.82 Å². The first-order chi connectivity index (χ1) is 11.9. The summed E-state index contributed by atoms with van der Waals surface area (Å²) in [4.78, 5) is 12.1. The number of halogens is 2. The van der Waals surface area contributed by atoms with Gasteiger partial charge in [0, 0.05) is 18.0 Å². The summed E-state index contributed by atoms with van der Waals surface area (Å²) in [5, 5.41) is 6.60. The molecule has 0 bridgehead atoms. The third kappa shape index (κ3) is 3.65. The van der Waals surface area contributed by atoms with Crippen LogP contribution in [0.5, 0.6) is 0 Å². The first-order valence-electron chi connectivity index (χ1n) is 7.58. The minimum absolute atomic E-state index is 0.209. The Morgan fingerprint density at radius 3 is 2.60 bits per heavy atom. The topological polar surface area (TPSA) is 72.9 Å². The van der Waals surface area contributed by atoms with Crippen LogP contribution in [0.1, 0.15) is 21.5 Å². The van der Waals surface area contributed by atoms with E-state index < -0.39 is 23.1 Å². The molecule has 0 unspecified atom stereocenters. The summed E-state index contributed by atoms with van der Waals surface area (Å²) < 4.78 is 28.9. The molecule has 0 fully saturated rings. The summed E-state index contributed by atoms with van der Waals surface area (Å²) in [5.74, 6) is -2.52. The number of carbonyl (C=O) groups is 1. The zero-order valence-electron chi connectivity index (χ0n) is 13.5. The minimum Gasteiger partial charge on any atom is -0.399 e. The maximum Gasteiger partial charge on any atom is 0.262 e. The highest BCUT2D eigenvalue weighted by Crippen LogP contribution is 2.16. The quantitative estimate of drug-likeness (QED) is 0.714. The highest BCUT2D eigenvalue weighted by atomic mass is 19.1. The van der Waals surface area contributed by atoms with Crippen molar-refractivity contribution < 1.29 is 13.6 Å². The van der Waals surface area contributed by atoms with Crippen LogP contribution in [0.2, 0.25) is 0 Å². The van der Waals surface area contributed by atoms with Crippen LogP contribution in [-0.4, -0.2) is 15.7 Å². The van der Waals surface area contributed by atoms with Crippen molar-refractivity contribution in [3.63, 3.8) is 0 Å². The van der Waals surface area contributed by atoms with Crippen LogP contribution in [0, 0.1) is 18.6 Å². The highest BCUT2D eigenvalue weighted by Gasteiger charge is 2.17. The number of rotatable bonds is 4. The lowest BCUT2D eigenvalue weighted by Gasteiger charge is -2.07. The van der Waals surface area contributed by atoms with Gasteiger partial charge in [0.1, 0.15) is 17.2 Å². The number of hydrogen-bond acceptors (Lipinski definition) is 3. The number of nitrogens with one attached hydrogen (secondary N) is 1. The molecule has 0 aliphatic rings.